The lowest BCUT2D eigenvalue weighted by Crippen LogP contribution is -2.22. The van der Waals surface area contributed by atoms with E-state index in [1.807, 2.05) is 30.1 Å². The summed E-state index contributed by atoms with van der Waals surface area (Å²) in [5.74, 6) is 0. The van der Waals surface area contributed by atoms with E-state index in [1.54, 1.807) is 6.26 Å². The molecule has 1 N–H and O–H groups in total. The summed E-state index contributed by atoms with van der Waals surface area (Å²) < 4.78 is 6.63. The highest BCUT2D eigenvalue weighted by molar-refractivity contribution is 9.10. The summed E-state index contributed by atoms with van der Waals surface area (Å²) in [6.07, 6.45) is 1.71. The maximum Gasteiger partial charge on any atom is 0.297 e. The Hall–Kier alpha value is -1.33. The fourth-order valence-corrected chi connectivity index (χ4v) is 2.22. The predicted molar refractivity (Wildman–Crippen MR) is 84.7 cm³/mol. The van der Waals surface area contributed by atoms with Gasteiger partial charge in [-0.1, -0.05) is 48.0 Å². The van der Waals surface area contributed by atoms with Gasteiger partial charge in [0.05, 0.1) is 5.69 Å². The minimum absolute atomic E-state index is 0.438. The van der Waals surface area contributed by atoms with E-state index in [-0.39, 0.29) is 0 Å². The largest absolute Gasteiger partial charge is 0.432 e. The summed E-state index contributed by atoms with van der Waals surface area (Å²) in [6.45, 7) is 5.70. The quantitative estimate of drug-likeness (QED) is 0.874. The molecule has 0 amide bonds. The monoisotopic (exact) mass is 337 g/mol. The standard InChI is InChI=1S/C15H20BrN3O/c1-11(2)17-8-13-10-20-15(18-13)19(3)9-12-6-4-5-7-14(12)16/h4-7,10-11,17H,8-9H2,1-3H3. The van der Waals surface area contributed by atoms with Crippen LogP contribution in [0, 0.1) is 0 Å². The van der Waals surface area contributed by atoms with E-state index < -0.39 is 0 Å². The van der Waals surface area contributed by atoms with Crippen molar-refractivity contribution in [2.75, 3.05) is 11.9 Å². The normalized spacial score (nSPS) is 11.1. The van der Waals surface area contributed by atoms with Gasteiger partial charge in [-0.15, -0.1) is 0 Å². The Balaban J connectivity index is 1.99. The van der Waals surface area contributed by atoms with Gasteiger partial charge in [0.2, 0.25) is 0 Å². The lowest BCUT2D eigenvalue weighted by atomic mass is 10.2. The van der Waals surface area contributed by atoms with Crippen LogP contribution in [0.15, 0.2) is 39.4 Å². The van der Waals surface area contributed by atoms with E-state index in [9.17, 15) is 0 Å². The molecule has 2 aromatic rings. The van der Waals surface area contributed by atoms with Gasteiger partial charge in [0.15, 0.2) is 0 Å². The molecule has 0 aliphatic carbocycles. The minimum atomic E-state index is 0.438. The molecule has 0 aliphatic rings. The van der Waals surface area contributed by atoms with Crippen LogP contribution < -0.4 is 10.2 Å². The van der Waals surface area contributed by atoms with Crippen molar-refractivity contribution >= 4 is 21.9 Å². The van der Waals surface area contributed by atoms with Gasteiger partial charge in [-0.25, -0.2) is 0 Å². The number of aromatic nitrogens is 1. The molecule has 108 valence electrons. The Morgan fingerprint density at radius 1 is 1.35 bits per heavy atom. The van der Waals surface area contributed by atoms with Crippen LogP contribution in [-0.2, 0) is 13.1 Å². The Bertz CT molecular complexity index is 554. The number of nitrogens with one attached hydrogen (secondary N) is 1. The maximum atomic E-state index is 5.53. The molecule has 0 saturated heterocycles. The van der Waals surface area contributed by atoms with E-state index in [0.717, 1.165) is 23.3 Å². The highest BCUT2D eigenvalue weighted by Gasteiger charge is 2.11. The van der Waals surface area contributed by atoms with Crippen molar-refractivity contribution < 1.29 is 4.42 Å². The smallest absolute Gasteiger partial charge is 0.297 e. The molecule has 5 heteroatoms. The van der Waals surface area contributed by atoms with E-state index in [4.69, 9.17) is 4.42 Å². The first-order valence-corrected chi connectivity index (χ1v) is 7.48. The molecule has 0 bridgehead atoms. The second kappa shape index (κ2) is 6.90. The van der Waals surface area contributed by atoms with E-state index in [1.165, 1.54) is 5.56 Å². The molecule has 0 atom stereocenters. The Morgan fingerprint density at radius 3 is 2.80 bits per heavy atom. The molecule has 0 aliphatic heterocycles. The number of rotatable bonds is 6. The summed E-state index contributed by atoms with van der Waals surface area (Å²) in [5, 5.41) is 3.32. The van der Waals surface area contributed by atoms with Gasteiger partial charge in [-0.05, 0) is 11.6 Å². The first-order chi connectivity index (χ1) is 9.56. The molecule has 0 unspecified atom stereocenters. The highest BCUT2D eigenvalue weighted by Crippen LogP contribution is 2.20. The van der Waals surface area contributed by atoms with Crippen molar-refractivity contribution in [1.29, 1.82) is 0 Å². The van der Waals surface area contributed by atoms with Gasteiger partial charge in [-0.3, -0.25) is 0 Å². The predicted octanol–water partition coefficient (Wildman–Crippen LogP) is 3.57. The first-order valence-electron chi connectivity index (χ1n) is 6.68. The third kappa shape index (κ3) is 4.08. The Kier molecular flexibility index (Phi) is 5.20. The van der Waals surface area contributed by atoms with Crippen LogP contribution in [0.1, 0.15) is 25.1 Å². The van der Waals surface area contributed by atoms with E-state index in [0.29, 0.717) is 12.1 Å². The first kappa shape index (κ1) is 15.1. The average molecular weight is 338 g/mol. The van der Waals surface area contributed by atoms with Crippen LogP contribution in [0.4, 0.5) is 6.01 Å². The van der Waals surface area contributed by atoms with Gasteiger partial charge in [0.1, 0.15) is 6.26 Å². The lowest BCUT2D eigenvalue weighted by Gasteiger charge is -2.15. The molecular formula is C15H20BrN3O. The second-order valence-corrected chi connectivity index (χ2v) is 5.96. The van der Waals surface area contributed by atoms with E-state index >= 15 is 0 Å². The zero-order valence-corrected chi connectivity index (χ0v) is 13.6. The summed E-state index contributed by atoms with van der Waals surface area (Å²) in [5.41, 5.74) is 2.13. The van der Waals surface area contributed by atoms with Gasteiger partial charge >= 0.3 is 0 Å². The number of hydrogen-bond acceptors (Lipinski definition) is 4. The fraction of sp³-hybridized carbons (Fsp3) is 0.400. The van der Waals surface area contributed by atoms with Crippen LogP contribution in [-0.4, -0.2) is 18.1 Å². The summed E-state index contributed by atoms with van der Waals surface area (Å²) in [4.78, 5) is 6.49. The number of hydrogen-bond donors (Lipinski definition) is 1. The molecule has 1 aromatic heterocycles. The topological polar surface area (TPSA) is 41.3 Å². The molecule has 0 fully saturated rings. The average Bonchev–Trinajstić information content (AvgIpc) is 2.88. The minimum Gasteiger partial charge on any atom is -0.432 e. The number of oxazole rings is 1. The molecule has 20 heavy (non-hydrogen) atoms. The van der Waals surface area contributed by atoms with Crippen molar-refractivity contribution in [2.24, 2.45) is 0 Å². The van der Waals surface area contributed by atoms with Crippen molar-refractivity contribution in [3.8, 4) is 0 Å². The van der Waals surface area contributed by atoms with Crippen molar-refractivity contribution in [3.05, 3.63) is 46.3 Å². The SMILES string of the molecule is CC(C)NCc1coc(N(C)Cc2ccccc2Br)n1. The van der Waals surface area contributed by atoms with Crippen LogP contribution >= 0.6 is 15.9 Å². The highest BCUT2D eigenvalue weighted by atomic mass is 79.9. The zero-order chi connectivity index (χ0) is 14.5. The van der Waals surface area contributed by atoms with Gasteiger partial charge in [-0.2, -0.15) is 4.98 Å². The van der Waals surface area contributed by atoms with Crippen molar-refractivity contribution in [2.45, 2.75) is 33.0 Å². The zero-order valence-electron chi connectivity index (χ0n) is 12.1. The van der Waals surface area contributed by atoms with Gasteiger partial charge < -0.3 is 14.6 Å². The third-order valence-electron chi connectivity index (χ3n) is 2.92. The number of benzene rings is 1. The van der Waals surface area contributed by atoms with Gasteiger partial charge in [0.25, 0.3) is 6.01 Å². The summed E-state index contributed by atoms with van der Waals surface area (Å²) in [7, 11) is 1.98. The van der Waals surface area contributed by atoms with Crippen LogP contribution in [0.5, 0.6) is 0 Å². The van der Waals surface area contributed by atoms with Crippen molar-refractivity contribution in [3.63, 3.8) is 0 Å². The molecule has 0 saturated carbocycles. The Morgan fingerprint density at radius 2 is 2.10 bits per heavy atom. The second-order valence-electron chi connectivity index (χ2n) is 5.10. The molecule has 1 aromatic carbocycles. The number of anilines is 1. The third-order valence-corrected chi connectivity index (χ3v) is 3.70. The summed E-state index contributed by atoms with van der Waals surface area (Å²) in [6, 6.07) is 9.24. The fourth-order valence-electron chi connectivity index (χ4n) is 1.81. The van der Waals surface area contributed by atoms with Crippen LogP contribution in [0.2, 0.25) is 0 Å². The van der Waals surface area contributed by atoms with Crippen LogP contribution in [0.3, 0.4) is 0 Å². The maximum absolute atomic E-state index is 5.53. The number of nitrogens with zero attached hydrogens (tertiary/aromatic N) is 2. The Labute approximate surface area is 128 Å². The van der Waals surface area contributed by atoms with Crippen LogP contribution in [0.25, 0.3) is 0 Å². The van der Waals surface area contributed by atoms with E-state index in [2.05, 4.69) is 46.1 Å². The molecule has 0 radical (unpaired) electrons. The molecular weight excluding hydrogens is 318 g/mol. The molecule has 0 spiro atoms. The van der Waals surface area contributed by atoms with Gasteiger partial charge in [0, 0.05) is 30.7 Å². The lowest BCUT2D eigenvalue weighted by molar-refractivity contribution is 0.539. The molecule has 4 nitrogen and oxygen atoms in total. The molecule has 1 heterocycles. The summed E-state index contributed by atoms with van der Waals surface area (Å²) >= 11 is 3.56. The van der Waals surface area contributed by atoms with Crippen molar-refractivity contribution in [1.82, 2.24) is 10.3 Å². The number of halogens is 1. The molecule has 2 rings (SSSR count).